The number of hydrogen-bond acceptors (Lipinski definition) is 17. The number of amides is 12. The number of methoxy groups -OCH3 is 2. The topological polar surface area (TPSA) is 343 Å². The lowest BCUT2D eigenvalue weighted by molar-refractivity contribution is -0.148. The van der Waals surface area contributed by atoms with Crippen LogP contribution in [0.15, 0.2) is 90.4 Å². The van der Waals surface area contributed by atoms with Crippen LogP contribution in [0.25, 0.3) is 0 Å². The SMILES string of the molecule is CC[C@H](C)[C@@H]([C@@H](CC(=O)N1CCC[C@H]1[C@H](OC)[C@@H](C)C(=O)N[C@@H](Cc1ccccc1)c1nccs1)OC)N(C)C(=O)[C@@H](NC(=O)[C@H](C(C)C)N(C)CCc1ccc(N(C)C(=O)OCc2ccc(NC(=O)[C@H](CCCNC(N)=O)NC(=O)[C@@H](NC(=O)CCCCCN3C(=O)CC(C)C3=O)C(C)C)cc2)cc1)C(C)C. The smallest absolute Gasteiger partial charge is 0.414 e. The quantitative estimate of drug-likeness (QED) is 0.0161. The van der Waals surface area contributed by atoms with Crippen molar-refractivity contribution in [2.24, 2.45) is 41.2 Å². The molecule has 0 saturated carbocycles. The summed E-state index contributed by atoms with van der Waals surface area (Å²) in [6.45, 7) is 20.2. The molecular weight excluding hydrogens is 1400 g/mol. The number of rotatable bonds is 43. The van der Waals surface area contributed by atoms with Gasteiger partial charge in [-0.3, -0.25) is 57.9 Å². The molecule has 0 bridgehead atoms. The van der Waals surface area contributed by atoms with Gasteiger partial charge >= 0.3 is 12.1 Å². The van der Waals surface area contributed by atoms with Gasteiger partial charge in [-0.15, -0.1) is 11.3 Å². The van der Waals surface area contributed by atoms with Crippen LogP contribution in [0.1, 0.15) is 168 Å². The first-order valence-corrected chi connectivity index (χ1v) is 39.0. The number of imide groups is 1. The zero-order chi connectivity index (χ0) is 79.5. The zero-order valence-electron chi connectivity index (χ0n) is 65.9. The third-order valence-electron chi connectivity index (χ3n) is 20.8. The Hall–Kier alpha value is -8.86. The van der Waals surface area contributed by atoms with Crippen LogP contribution in [0.3, 0.4) is 0 Å². The molecule has 2 aliphatic rings. The van der Waals surface area contributed by atoms with Gasteiger partial charge in [-0.25, -0.2) is 14.6 Å². The van der Waals surface area contributed by atoms with E-state index >= 15 is 0 Å². The number of likely N-dealkylation sites (N-methyl/N-ethyl adjacent to an activating group) is 2. The average Bonchev–Trinajstić information content (AvgIpc) is 1.43. The van der Waals surface area contributed by atoms with Gasteiger partial charge in [-0.1, -0.05) is 137 Å². The number of ether oxygens (including phenoxy) is 3. The maximum atomic E-state index is 14.9. The number of nitrogens with two attached hydrogens (primary N) is 1. The number of carbonyl (C=O) groups is 11. The first-order valence-electron chi connectivity index (χ1n) is 38.1. The Bertz CT molecular complexity index is 3590. The summed E-state index contributed by atoms with van der Waals surface area (Å²) in [5.74, 6) is -4.65. The molecule has 0 spiro atoms. The third kappa shape index (κ3) is 25.6. The molecule has 3 aromatic carbocycles. The molecule has 2 saturated heterocycles. The monoisotopic (exact) mass is 1520 g/mol. The highest BCUT2D eigenvalue weighted by molar-refractivity contribution is 7.09. The molecular formula is C80H119N13O14S. The molecule has 6 rings (SSSR count). The molecule has 108 heavy (non-hydrogen) atoms. The van der Waals surface area contributed by atoms with Crippen molar-refractivity contribution in [1.29, 1.82) is 0 Å². The number of aromatic nitrogens is 1. The standard InChI is InChI=1S/C80H119N13O14S/c1-16-52(8)70(63(105-14)47-66(96)92-42-24-28-62(92)71(106-15)54(10)72(97)86-61(76-82-40-44-108-76)46-56-25-19-17-20-26-56)91(13)78(102)68(50(4)5)88-75(100)69(51(6)7)89(11)43-38-55-32-36-59(37-33-55)90(12)80(104)107-48-57-30-34-58(35-31-57)84-73(98)60(27-23-39-83-79(81)103)85-74(99)67(49(2)3)87-64(94)29-21-18-22-41-93-65(95)45-53(9)77(93)101/h17,19-20,25-26,30-37,40,44,49-54,60-63,67-71H,16,18,21-24,27-29,38-39,41-43,45-48H2,1-15H3,(H,84,98)(H,85,99)(H,86,97)(H,87,94)(H,88,100)(H3,81,83,103)/t52-,53?,54+,60-,61-,62-,63+,67-,68-,69-,70-,71+/m0/s1. The minimum atomic E-state index is -1.07. The summed E-state index contributed by atoms with van der Waals surface area (Å²) in [4.78, 5) is 161. The highest BCUT2D eigenvalue weighted by Gasteiger charge is 2.44. The Morgan fingerprint density at radius 2 is 1.41 bits per heavy atom. The summed E-state index contributed by atoms with van der Waals surface area (Å²) in [5.41, 5.74) is 8.86. The van der Waals surface area contributed by atoms with E-state index in [9.17, 15) is 52.7 Å². The summed E-state index contributed by atoms with van der Waals surface area (Å²) in [7, 11) is 8.34. The third-order valence-corrected chi connectivity index (χ3v) is 21.7. The fraction of sp³-hybridized carbons (Fsp3) is 0.600. The first-order chi connectivity index (χ1) is 51.4. The number of unbranched alkanes of at least 4 members (excludes halogenated alkanes) is 2. The Balaban J connectivity index is 0.987. The summed E-state index contributed by atoms with van der Waals surface area (Å²) < 4.78 is 18.0. The summed E-state index contributed by atoms with van der Waals surface area (Å²) in [5, 5.41) is 20.0. The van der Waals surface area contributed by atoms with Crippen LogP contribution in [0.4, 0.5) is 21.0 Å². The molecule has 3 heterocycles. The van der Waals surface area contributed by atoms with Gasteiger partial charge < -0.3 is 61.6 Å². The molecule has 1 aromatic heterocycles. The lowest BCUT2D eigenvalue weighted by Crippen LogP contribution is -2.60. The van der Waals surface area contributed by atoms with Crippen LogP contribution in [0, 0.1) is 35.5 Å². The van der Waals surface area contributed by atoms with Gasteiger partial charge in [0.2, 0.25) is 53.2 Å². The molecule has 8 N–H and O–H groups in total. The van der Waals surface area contributed by atoms with E-state index in [1.54, 1.807) is 84.4 Å². The number of nitrogens with one attached hydrogen (secondary N) is 6. The fourth-order valence-corrected chi connectivity index (χ4v) is 15.0. The summed E-state index contributed by atoms with van der Waals surface area (Å²) >= 11 is 1.48. The van der Waals surface area contributed by atoms with Gasteiger partial charge in [0, 0.05) is 96.2 Å². The van der Waals surface area contributed by atoms with Gasteiger partial charge in [0.25, 0.3) is 0 Å². The normalized spacial score (nSPS) is 17.2. The van der Waals surface area contributed by atoms with E-state index in [4.69, 9.17) is 19.9 Å². The molecule has 2 fully saturated rings. The molecule has 12 amide bonds. The second-order valence-electron chi connectivity index (χ2n) is 29.9. The van der Waals surface area contributed by atoms with E-state index < -0.39 is 72.3 Å². The van der Waals surface area contributed by atoms with Gasteiger partial charge in [0.15, 0.2) is 0 Å². The highest BCUT2D eigenvalue weighted by atomic mass is 32.1. The van der Waals surface area contributed by atoms with E-state index in [1.165, 1.54) is 21.1 Å². The lowest BCUT2D eigenvalue weighted by atomic mass is 9.89. The largest absolute Gasteiger partial charge is 0.444 e. The van der Waals surface area contributed by atoms with Crippen LogP contribution >= 0.6 is 11.3 Å². The number of urea groups is 1. The molecule has 4 aromatic rings. The van der Waals surface area contributed by atoms with E-state index in [-0.39, 0.29) is 128 Å². The maximum absolute atomic E-state index is 14.9. The maximum Gasteiger partial charge on any atom is 0.414 e. The van der Waals surface area contributed by atoms with Crippen LogP contribution in [0.2, 0.25) is 0 Å². The van der Waals surface area contributed by atoms with Crippen molar-refractivity contribution in [3.63, 3.8) is 0 Å². The fourth-order valence-electron chi connectivity index (χ4n) is 14.3. The molecule has 12 atom stereocenters. The predicted octanol–water partition coefficient (Wildman–Crippen LogP) is 8.54. The van der Waals surface area contributed by atoms with Crippen LogP contribution in [0.5, 0.6) is 0 Å². The van der Waals surface area contributed by atoms with Crippen LogP contribution < -0.4 is 42.5 Å². The number of thiazole rings is 1. The van der Waals surface area contributed by atoms with Crippen molar-refractivity contribution in [3.8, 4) is 0 Å². The number of nitrogens with zero attached hydrogens (tertiary/aromatic N) is 6. The Morgan fingerprint density at radius 3 is 2.00 bits per heavy atom. The molecule has 2 aliphatic heterocycles. The Labute approximate surface area is 642 Å². The second-order valence-corrected chi connectivity index (χ2v) is 30.8. The molecule has 27 nitrogen and oxygen atoms in total. The van der Waals surface area contributed by atoms with Crippen molar-refractivity contribution in [3.05, 3.63) is 112 Å². The Kier molecular flexibility index (Phi) is 35.3. The lowest BCUT2D eigenvalue weighted by Gasteiger charge is -2.41. The minimum absolute atomic E-state index is 0.0258. The van der Waals surface area contributed by atoms with Gasteiger partial charge in [0.05, 0.1) is 48.7 Å². The Morgan fingerprint density at radius 1 is 0.731 bits per heavy atom. The summed E-state index contributed by atoms with van der Waals surface area (Å²) in [6, 6.07) is 18.4. The number of anilines is 2. The van der Waals surface area contributed by atoms with E-state index in [0.717, 1.165) is 22.6 Å². The average molecular weight is 1520 g/mol. The number of hydrogen-bond donors (Lipinski definition) is 7. The first kappa shape index (κ1) is 88.0. The zero-order valence-corrected chi connectivity index (χ0v) is 66.7. The van der Waals surface area contributed by atoms with Crippen molar-refractivity contribution in [2.45, 2.75) is 214 Å². The van der Waals surface area contributed by atoms with Crippen molar-refractivity contribution >= 4 is 88.0 Å². The van der Waals surface area contributed by atoms with Crippen molar-refractivity contribution in [2.75, 3.05) is 71.8 Å². The van der Waals surface area contributed by atoms with Gasteiger partial charge in [0.1, 0.15) is 29.7 Å². The summed E-state index contributed by atoms with van der Waals surface area (Å²) in [6.07, 6.45) is 5.28. The van der Waals surface area contributed by atoms with Crippen LogP contribution in [-0.2, 0) is 76.8 Å². The molecule has 594 valence electrons. The number of primary amides is 1. The van der Waals surface area contributed by atoms with Crippen molar-refractivity contribution in [1.82, 2.24) is 51.2 Å². The van der Waals surface area contributed by atoms with E-state index in [1.807, 2.05) is 125 Å². The number of carbonyl (C=O) groups excluding carboxylic acids is 11. The molecule has 1 unspecified atom stereocenters. The predicted molar refractivity (Wildman–Crippen MR) is 416 cm³/mol. The number of likely N-dealkylation sites (tertiary alicyclic amines) is 2. The van der Waals surface area contributed by atoms with Gasteiger partial charge in [-0.2, -0.15) is 0 Å². The van der Waals surface area contributed by atoms with Gasteiger partial charge in [-0.05, 0) is 123 Å². The molecule has 0 radical (unpaired) electrons. The number of benzene rings is 3. The van der Waals surface area contributed by atoms with Crippen molar-refractivity contribution < 1.29 is 67.0 Å². The minimum Gasteiger partial charge on any atom is -0.444 e. The molecule has 28 heteroatoms. The molecule has 0 aliphatic carbocycles. The second kappa shape index (κ2) is 43.4. The van der Waals surface area contributed by atoms with Crippen LogP contribution in [-0.4, -0.2) is 200 Å². The highest BCUT2D eigenvalue weighted by Crippen LogP contribution is 2.32. The van der Waals surface area contributed by atoms with E-state index in [2.05, 4.69) is 36.9 Å². The van der Waals surface area contributed by atoms with E-state index in [0.29, 0.717) is 81.5 Å².